The summed E-state index contributed by atoms with van der Waals surface area (Å²) >= 11 is 0. The van der Waals surface area contributed by atoms with Crippen molar-refractivity contribution in [2.45, 2.75) is 17.4 Å². The Morgan fingerprint density at radius 1 is 1.30 bits per heavy atom. The van der Waals surface area contributed by atoms with Crippen molar-refractivity contribution < 1.29 is 8.42 Å². The molecular weight excluding hydrogens is 274 g/mol. The molecule has 1 atom stereocenters. The van der Waals surface area contributed by atoms with Crippen molar-refractivity contribution in [3.63, 3.8) is 0 Å². The van der Waals surface area contributed by atoms with Crippen LogP contribution in [0.3, 0.4) is 0 Å². The Kier molecular flexibility index (Phi) is 4.76. The average molecular weight is 293 g/mol. The molecule has 0 radical (unpaired) electrons. The van der Waals surface area contributed by atoms with Crippen molar-refractivity contribution in [2.24, 2.45) is 0 Å². The molecule has 1 N–H and O–H groups in total. The first kappa shape index (κ1) is 15.0. The summed E-state index contributed by atoms with van der Waals surface area (Å²) in [5.74, 6) is 0. The molecule has 1 aromatic carbocycles. The fourth-order valence-corrected chi connectivity index (χ4v) is 3.11. The topological polar surface area (TPSA) is 73.2 Å². The first-order valence-electron chi connectivity index (χ1n) is 6.64. The molecule has 1 aliphatic rings. The Labute approximate surface area is 120 Å². The van der Waals surface area contributed by atoms with E-state index >= 15 is 0 Å². The minimum Gasteiger partial charge on any atom is -0.314 e. The molecule has 0 aliphatic carbocycles. The number of hydrogen-bond acceptors (Lipinski definition) is 5. The first-order chi connectivity index (χ1) is 9.52. The van der Waals surface area contributed by atoms with E-state index in [0.29, 0.717) is 11.3 Å². The molecule has 1 fully saturated rings. The van der Waals surface area contributed by atoms with Gasteiger partial charge >= 0.3 is 0 Å². The van der Waals surface area contributed by atoms with Gasteiger partial charge in [0.15, 0.2) is 9.84 Å². The number of rotatable bonds is 4. The predicted octanol–water partition coefficient (Wildman–Crippen LogP) is 0.950. The second-order valence-corrected chi connectivity index (χ2v) is 7.02. The molecule has 0 saturated carbocycles. The number of sulfone groups is 1. The van der Waals surface area contributed by atoms with E-state index in [0.717, 1.165) is 31.7 Å². The Hall–Kier alpha value is -1.42. The van der Waals surface area contributed by atoms with Gasteiger partial charge in [-0.05, 0) is 17.7 Å². The van der Waals surface area contributed by atoms with Crippen molar-refractivity contribution >= 4 is 9.84 Å². The van der Waals surface area contributed by atoms with E-state index in [1.807, 2.05) is 12.1 Å². The molecule has 0 amide bonds. The van der Waals surface area contributed by atoms with Gasteiger partial charge in [-0.1, -0.05) is 12.1 Å². The van der Waals surface area contributed by atoms with E-state index < -0.39 is 9.84 Å². The molecule has 6 heteroatoms. The number of nitrogens with one attached hydrogen (secondary N) is 1. The minimum atomic E-state index is -3.17. The molecule has 0 aromatic heterocycles. The third kappa shape index (κ3) is 3.57. The van der Waals surface area contributed by atoms with Crippen LogP contribution < -0.4 is 5.32 Å². The molecular formula is C14H19N3O2S. The summed E-state index contributed by atoms with van der Waals surface area (Å²) < 4.78 is 22.9. The van der Waals surface area contributed by atoms with Gasteiger partial charge in [0.05, 0.1) is 17.4 Å². The number of piperazine rings is 1. The van der Waals surface area contributed by atoms with Crippen LogP contribution in [0.2, 0.25) is 0 Å². The van der Waals surface area contributed by atoms with Crippen LogP contribution in [0.4, 0.5) is 0 Å². The van der Waals surface area contributed by atoms with Crippen LogP contribution in [0.5, 0.6) is 0 Å². The second-order valence-electron chi connectivity index (χ2n) is 5.01. The van der Waals surface area contributed by atoms with E-state index in [9.17, 15) is 8.42 Å². The van der Waals surface area contributed by atoms with Gasteiger partial charge in [-0.2, -0.15) is 5.26 Å². The third-order valence-electron chi connectivity index (χ3n) is 3.57. The van der Waals surface area contributed by atoms with Crippen molar-refractivity contribution in [1.82, 2.24) is 10.2 Å². The molecule has 1 aliphatic heterocycles. The van der Waals surface area contributed by atoms with E-state index in [2.05, 4.69) is 16.3 Å². The highest BCUT2D eigenvalue weighted by Gasteiger charge is 2.22. The van der Waals surface area contributed by atoms with Gasteiger partial charge in [0.2, 0.25) is 0 Å². The first-order valence-corrected chi connectivity index (χ1v) is 8.53. The van der Waals surface area contributed by atoms with Crippen LogP contribution >= 0.6 is 0 Å². The lowest BCUT2D eigenvalue weighted by Gasteiger charge is -2.34. The monoisotopic (exact) mass is 293 g/mol. The van der Waals surface area contributed by atoms with Crippen LogP contribution in [0.25, 0.3) is 0 Å². The lowest BCUT2D eigenvalue weighted by molar-refractivity contribution is 0.175. The van der Waals surface area contributed by atoms with E-state index in [4.69, 9.17) is 5.26 Å². The maximum atomic E-state index is 11.5. The average Bonchev–Trinajstić information content (AvgIpc) is 2.45. The summed E-state index contributed by atoms with van der Waals surface area (Å²) in [5, 5.41) is 12.3. The summed E-state index contributed by atoms with van der Waals surface area (Å²) in [5.41, 5.74) is 1.00. The Bertz CT molecular complexity index is 584. The Morgan fingerprint density at radius 3 is 2.40 bits per heavy atom. The van der Waals surface area contributed by atoms with Gasteiger partial charge in [-0.15, -0.1) is 0 Å². The zero-order valence-corrected chi connectivity index (χ0v) is 12.4. The number of benzene rings is 1. The van der Waals surface area contributed by atoms with Crippen molar-refractivity contribution in [3.8, 4) is 6.07 Å². The second kappa shape index (κ2) is 6.35. The molecule has 0 bridgehead atoms. The van der Waals surface area contributed by atoms with E-state index in [-0.39, 0.29) is 6.04 Å². The highest BCUT2D eigenvalue weighted by molar-refractivity contribution is 7.90. The van der Waals surface area contributed by atoms with Gasteiger partial charge in [0.25, 0.3) is 0 Å². The highest BCUT2D eigenvalue weighted by atomic mass is 32.2. The van der Waals surface area contributed by atoms with Gasteiger partial charge in [0, 0.05) is 38.5 Å². The van der Waals surface area contributed by atoms with Crippen LogP contribution in [0.1, 0.15) is 18.0 Å². The summed E-state index contributed by atoms with van der Waals surface area (Å²) in [6, 6.07) is 9.15. The standard InChI is InChI=1S/C14H19N3O2S/c1-20(18,19)13-4-2-12(3-5-13)14(6-7-15)17-10-8-16-9-11-17/h2-5,14,16H,6,8-11H2,1H3/t14-/m0/s1. The highest BCUT2D eigenvalue weighted by Crippen LogP contribution is 2.25. The summed E-state index contributed by atoms with van der Waals surface area (Å²) in [7, 11) is -3.17. The molecule has 2 rings (SSSR count). The summed E-state index contributed by atoms with van der Waals surface area (Å²) in [6.07, 6.45) is 1.61. The molecule has 20 heavy (non-hydrogen) atoms. The third-order valence-corrected chi connectivity index (χ3v) is 4.70. The maximum absolute atomic E-state index is 11.5. The zero-order chi connectivity index (χ0) is 14.6. The SMILES string of the molecule is CS(=O)(=O)c1ccc([C@H](CC#N)N2CCNCC2)cc1. The minimum absolute atomic E-state index is 0.0377. The number of nitrogens with zero attached hydrogens (tertiary/aromatic N) is 2. The summed E-state index contributed by atoms with van der Waals surface area (Å²) in [4.78, 5) is 2.59. The predicted molar refractivity (Wildman–Crippen MR) is 77.0 cm³/mol. The molecule has 1 saturated heterocycles. The molecule has 1 heterocycles. The van der Waals surface area contributed by atoms with Crippen LogP contribution in [-0.4, -0.2) is 45.8 Å². The molecule has 0 spiro atoms. The number of nitriles is 1. The largest absolute Gasteiger partial charge is 0.314 e. The smallest absolute Gasteiger partial charge is 0.175 e. The Balaban J connectivity index is 2.23. The van der Waals surface area contributed by atoms with Gasteiger partial charge in [-0.25, -0.2) is 8.42 Å². The lowest BCUT2D eigenvalue weighted by atomic mass is 10.0. The maximum Gasteiger partial charge on any atom is 0.175 e. The molecule has 0 unspecified atom stereocenters. The number of hydrogen-bond donors (Lipinski definition) is 1. The normalized spacial score (nSPS) is 18.4. The quantitative estimate of drug-likeness (QED) is 0.895. The fourth-order valence-electron chi connectivity index (χ4n) is 2.48. The van der Waals surface area contributed by atoms with E-state index in [1.54, 1.807) is 12.1 Å². The van der Waals surface area contributed by atoms with Crippen molar-refractivity contribution in [1.29, 1.82) is 5.26 Å². The van der Waals surface area contributed by atoms with Crippen molar-refractivity contribution in [2.75, 3.05) is 32.4 Å². The molecule has 1 aromatic rings. The van der Waals surface area contributed by atoms with Crippen LogP contribution in [0.15, 0.2) is 29.2 Å². The van der Waals surface area contributed by atoms with E-state index in [1.165, 1.54) is 6.26 Å². The molecule has 5 nitrogen and oxygen atoms in total. The fraction of sp³-hybridized carbons (Fsp3) is 0.500. The van der Waals surface area contributed by atoms with Crippen LogP contribution in [0, 0.1) is 11.3 Å². The Morgan fingerprint density at radius 2 is 1.90 bits per heavy atom. The van der Waals surface area contributed by atoms with Gasteiger partial charge < -0.3 is 5.32 Å². The van der Waals surface area contributed by atoms with Gasteiger partial charge in [-0.3, -0.25) is 4.90 Å². The lowest BCUT2D eigenvalue weighted by Crippen LogP contribution is -2.45. The zero-order valence-electron chi connectivity index (χ0n) is 11.5. The van der Waals surface area contributed by atoms with Gasteiger partial charge in [0.1, 0.15) is 0 Å². The van der Waals surface area contributed by atoms with Crippen LogP contribution in [-0.2, 0) is 9.84 Å². The molecule has 108 valence electrons. The summed E-state index contributed by atoms with van der Waals surface area (Å²) in [6.45, 7) is 3.65. The van der Waals surface area contributed by atoms with Crippen molar-refractivity contribution in [3.05, 3.63) is 29.8 Å².